The van der Waals surface area contributed by atoms with Gasteiger partial charge in [-0.05, 0) is 31.4 Å². The van der Waals surface area contributed by atoms with Crippen molar-refractivity contribution in [2.24, 2.45) is 0 Å². The maximum atomic E-state index is 12.1. The van der Waals surface area contributed by atoms with Crippen LogP contribution in [0, 0.1) is 10.1 Å². The molecule has 1 heterocycles. The number of likely N-dealkylation sites (tertiary alicyclic amines) is 1. The van der Waals surface area contributed by atoms with Crippen LogP contribution in [0.3, 0.4) is 0 Å². The van der Waals surface area contributed by atoms with E-state index in [2.05, 4.69) is 0 Å². The number of piperidine rings is 1. The molecule has 1 aliphatic heterocycles. The van der Waals surface area contributed by atoms with Gasteiger partial charge in [-0.1, -0.05) is 0 Å². The number of nitrogens with zero attached hydrogens (tertiary/aromatic N) is 2. The third kappa shape index (κ3) is 1.58. The van der Waals surface area contributed by atoms with E-state index in [9.17, 15) is 14.9 Å². The molecule has 0 spiro atoms. The SMILES string of the molecule is O=C(c1ccc([N+](=O)[O-])cc1)N1[C@@H]2CCC[C@@H]21. The monoisotopic (exact) mass is 232 g/mol. The van der Waals surface area contributed by atoms with E-state index in [1.165, 1.54) is 30.7 Å². The Morgan fingerprint density at radius 3 is 2.35 bits per heavy atom. The summed E-state index contributed by atoms with van der Waals surface area (Å²) in [7, 11) is 0. The van der Waals surface area contributed by atoms with Gasteiger partial charge in [-0.3, -0.25) is 14.9 Å². The van der Waals surface area contributed by atoms with Crippen LogP contribution in [0.15, 0.2) is 24.3 Å². The van der Waals surface area contributed by atoms with Crippen LogP contribution in [-0.2, 0) is 0 Å². The van der Waals surface area contributed by atoms with Crippen LogP contribution >= 0.6 is 0 Å². The minimum Gasteiger partial charge on any atom is -0.329 e. The average molecular weight is 232 g/mol. The fraction of sp³-hybridized carbons (Fsp3) is 0.417. The summed E-state index contributed by atoms with van der Waals surface area (Å²) in [6, 6.07) is 6.69. The summed E-state index contributed by atoms with van der Waals surface area (Å²) in [5.74, 6) is 0.00889. The lowest BCUT2D eigenvalue weighted by atomic mass is 10.2. The van der Waals surface area contributed by atoms with Crippen molar-refractivity contribution < 1.29 is 9.72 Å². The summed E-state index contributed by atoms with van der Waals surface area (Å²) < 4.78 is 0. The van der Waals surface area contributed by atoms with Gasteiger partial charge in [0.2, 0.25) is 0 Å². The first-order valence-electron chi connectivity index (χ1n) is 5.75. The van der Waals surface area contributed by atoms with Crippen LogP contribution in [0.2, 0.25) is 0 Å². The molecule has 0 bridgehead atoms. The number of hydrogen-bond acceptors (Lipinski definition) is 3. The molecule has 17 heavy (non-hydrogen) atoms. The van der Waals surface area contributed by atoms with Crippen molar-refractivity contribution in [2.45, 2.75) is 31.3 Å². The maximum Gasteiger partial charge on any atom is 0.269 e. The van der Waals surface area contributed by atoms with Crippen LogP contribution < -0.4 is 0 Å². The molecule has 88 valence electrons. The summed E-state index contributed by atoms with van der Waals surface area (Å²) in [6.45, 7) is 0. The number of carbonyl (C=O) groups excluding carboxylic acids is 1. The van der Waals surface area contributed by atoms with Gasteiger partial charge in [-0.2, -0.15) is 0 Å². The van der Waals surface area contributed by atoms with E-state index in [4.69, 9.17) is 0 Å². The molecule has 1 aromatic carbocycles. The molecule has 1 saturated heterocycles. The Kier molecular flexibility index (Phi) is 2.14. The summed E-state index contributed by atoms with van der Waals surface area (Å²) >= 11 is 0. The average Bonchev–Trinajstić information content (AvgIpc) is 2.81. The number of hydrogen-bond donors (Lipinski definition) is 0. The number of fused-ring (bicyclic) bond motifs is 1. The van der Waals surface area contributed by atoms with Gasteiger partial charge < -0.3 is 4.90 Å². The van der Waals surface area contributed by atoms with Crippen LogP contribution in [0.25, 0.3) is 0 Å². The van der Waals surface area contributed by atoms with Gasteiger partial charge in [0.1, 0.15) is 0 Å². The highest BCUT2D eigenvalue weighted by Gasteiger charge is 2.53. The molecular formula is C12H12N2O3. The molecule has 1 aromatic rings. The Balaban J connectivity index is 1.76. The predicted octanol–water partition coefficient (Wildman–Crippen LogP) is 1.97. The zero-order chi connectivity index (χ0) is 12.0. The highest BCUT2D eigenvalue weighted by atomic mass is 16.6. The number of rotatable bonds is 2. The van der Waals surface area contributed by atoms with Gasteiger partial charge in [-0.25, -0.2) is 0 Å². The molecule has 1 amide bonds. The molecule has 0 aromatic heterocycles. The van der Waals surface area contributed by atoms with E-state index >= 15 is 0 Å². The fourth-order valence-corrected chi connectivity index (χ4v) is 2.71. The van der Waals surface area contributed by atoms with Gasteiger partial charge >= 0.3 is 0 Å². The van der Waals surface area contributed by atoms with Gasteiger partial charge in [0.05, 0.1) is 17.0 Å². The Bertz CT molecular complexity index is 473. The van der Waals surface area contributed by atoms with Crippen LogP contribution in [-0.4, -0.2) is 27.8 Å². The highest BCUT2D eigenvalue weighted by molar-refractivity contribution is 5.96. The van der Waals surface area contributed by atoms with Crippen molar-refractivity contribution >= 4 is 11.6 Å². The van der Waals surface area contributed by atoms with Gasteiger partial charge in [0.15, 0.2) is 0 Å². The van der Waals surface area contributed by atoms with Crippen LogP contribution in [0.4, 0.5) is 5.69 Å². The largest absolute Gasteiger partial charge is 0.329 e. The van der Waals surface area contributed by atoms with Gasteiger partial charge in [-0.15, -0.1) is 0 Å². The topological polar surface area (TPSA) is 63.2 Å². The molecule has 5 nitrogen and oxygen atoms in total. The number of nitro groups is 1. The number of carbonyl (C=O) groups is 1. The second-order valence-electron chi connectivity index (χ2n) is 4.58. The molecule has 0 radical (unpaired) electrons. The molecule has 2 atom stereocenters. The van der Waals surface area contributed by atoms with E-state index in [0.29, 0.717) is 17.6 Å². The first-order valence-corrected chi connectivity index (χ1v) is 5.75. The standard InChI is InChI=1S/C12H12N2O3/c15-12(13-10-2-1-3-11(10)13)8-4-6-9(7-5-8)14(16)17/h4-7,10-11H,1-3H2/t10-,11+,13?. The molecule has 0 unspecified atom stereocenters. The summed E-state index contributed by atoms with van der Waals surface area (Å²) in [6.07, 6.45) is 3.41. The van der Waals surface area contributed by atoms with E-state index in [1.807, 2.05) is 4.90 Å². The molecule has 1 saturated carbocycles. The molecule has 0 N–H and O–H groups in total. The van der Waals surface area contributed by atoms with E-state index in [1.54, 1.807) is 0 Å². The second kappa shape index (κ2) is 3.55. The Morgan fingerprint density at radius 2 is 1.82 bits per heavy atom. The van der Waals surface area contributed by atoms with Crippen LogP contribution in [0.1, 0.15) is 29.6 Å². The smallest absolute Gasteiger partial charge is 0.269 e. The lowest BCUT2D eigenvalue weighted by molar-refractivity contribution is -0.384. The van der Waals surface area contributed by atoms with Crippen molar-refractivity contribution in [1.82, 2.24) is 4.90 Å². The normalized spacial score (nSPS) is 25.5. The van der Waals surface area contributed by atoms with Gasteiger partial charge in [0, 0.05) is 17.7 Å². The molecule has 1 aliphatic carbocycles. The summed E-state index contributed by atoms with van der Waals surface area (Å²) in [5, 5.41) is 10.5. The first-order chi connectivity index (χ1) is 8.18. The van der Waals surface area contributed by atoms with E-state index in [-0.39, 0.29) is 11.6 Å². The Morgan fingerprint density at radius 1 is 1.24 bits per heavy atom. The summed E-state index contributed by atoms with van der Waals surface area (Å²) in [5.41, 5.74) is 0.567. The molecule has 5 heteroatoms. The molecule has 2 aliphatic rings. The fourth-order valence-electron chi connectivity index (χ4n) is 2.71. The number of nitro benzene ring substituents is 1. The lowest BCUT2D eigenvalue weighted by Gasteiger charge is -2.07. The zero-order valence-corrected chi connectivity index (χ0v) is 9.20. The van der Waals surface area contributed by atoms with Crippen molar-refractivity contribution in [3.63, 3.8) is 0 Å². The minimum absolute atomic E-state index is 0.00889. The van der Waals surface area contributed by atoms with Crippen molar-refractivity contribution in [1.29, 1.82) is 0 Å². The van der Waals surface area contributed by atoms with Crippen LogP contribution in [0.5, 0.6) is 0 Å². The number of amides is 1. The quantitative estimate of drug-likeness (QED) is 0.445. The third-order valence-electron chi connectivity index (χ3n) is 3.63. The number of non-ortho nitro benzene ring substituents is 1. The molecule has 2 fully saturated rings. The van der Waals surface area contributed by atoms with Crippen molar-refractivity contribution in [3.05, 3.63) is 39.9 Å². The maximum absolute atomic E-state index is 12.1. The second-order valence-corrected chi connectivity index (χ2v) is 4.58. The number of benzene rings is 1. The molecule has 3 rings (SSSR count). The first kappa shape index (κ1) is 10.3. The van der Waals surface area contributed by atoms with E-state index < -0.39 is 4.92 Å². The predicted molar refractivity (Wildman–Crippen MR) is 60.7 cm³/mol. The Hall–Kier alpha value is -1.91. The zero-order valence-electron chi connectivity index (χ0n) is 9.20. The van der Waals surface area contributed by atoms with Crippen molar-refractivity contribution in [3.8, 4) is 0 Å². The minimum atomic E-state index is -0.458. The van der Waals surface area contributed by atoms with E-state index in [0.717, 1.165) is 12.8 Å². The third-order valence-corrected chi connectivity index (χ3v) is 3.63. The Labute approximate surface area is 98.2 Å². The summed E-state index contributed by atoms with van der Waals surface area (Å²) in [4.78, 5) is 24.0. The highest BCUT2D eigenvalue weighted by Crippen LogP contribution is 2.43. The lowest BCUT2D eigenvalue weighted by Crippen LogP contribution is -2.16. The van der Waals surface area contributed by atoms with Crippen molar-refractivity contribution in [2.75, 3.05) is 0 Å². The van der Waals surface area contributed by atoms with Gasteiger partial charge in [0.25, 0.3) is 11.6 Å². The molecular weight excluding hydrogens is 220 g/mol.